The van der Waals surface area contributed by atoms with Crippen LogP contribution >= 0.6 is 0 Å². The molecule has 0 atom stereocenters. The summed E-state index contributed by atoms with van der Waals surface area (Å²) >= 11 is 0. The predicted molar refractivity (Wildman–Crippen MR) is 121 cm³/mol. The Morgan fingerprint density at radius 2 is 1.94 bits per heavy atom. The molecule has 1 aromatic carbocycles. The van der Waals surface area contributed by atoms with E-state index in [4.69, 9.17) is 9.26 Å². The summed E-state index contributed by atoms with van der Waals surface area (Å²) in [7, 11) is 0. The molecule has 166 valence electrons. The van der Waals surface area contributed by atoms with Gasteiger partial charge in [-0.05, 0) is 95.3 Å². The monoisotopic (exact) mass is 421 g/mol. The zero-order chi connectivity index (χ0) is 21.3. The highest BCUT2D eigenvalue weighted by molar-refractivity contribution is 5.84. The first-order valence-corrected chi connectivity index (χ1v) is 12.3. The van der Waals surface area contributed by atoms with Gasteiger partial charge in [0.2, 0.25) is 0 Å². The highest BCUT2D eigenvalue weighted by Crippen LogP contribution is 2.39. The Hall–Kier alpha value is -2.06. The first-order chi connectivity index (χ1) is 15.2. The van der Waals surface area contributed by atoms with Crippen molar-refractivity contribution < 1.29 is 9.26 Å². The van der Waals surface area contributed by atoms with Crippen LogP contribution in [0.4, 0.5) is 0 Å². The molecule has 2 heterocycles. The number of ether oxygens (including phenoxy) is 1. The van der Waals surface area contributed by atoms with Gasteiger partial charge in [-0.1, -0.05) is 18.0 Å². The van der Waals surface area contributed by atoms with Crippen molar-refractivity contribution in [3.05, 3.63) is 23.4 Å². The number of piperidine rings is 1. The lowest BCUT2D eigenvalue weighted by Crippen LogP contribution is -2.40. The predicted octanol–water partition coefficient (Wildman–Crippen LogP) is 5.65. The van der Waals surface area contributed by atoms with Crippen LogP contribution in [0.3, 0.4) is 0 Å². The molecular weight excluding hydrogens is 386 g/mol. The van der Waals surface area contributed by atoms with Crippen molar-refractivity contribution >= 4 is 11.0 Å². The second-order valence-electron chi connectivity index (χ2n) is 10.3. The summed E-state index contributed by atoms with van der Waals surface area (Å²) in [5.74, 6) is 2.43. The lowest BCUT2D eigenvalue weighted by molar-refractivity contribution is 0.135. The minimum Gasteiger partial charge on any atom is -0.493 e. The van der Waals surface area contributed by atoms with E-state index in [-0.39, 0.29) is 5.41 Å². The number of nitriles is 1. The van der Waals surface area contributed by atoms with Gasteiger partial charge in [0.25, 0.3) is 0 Å². The third-order valence-electron chi connectivity index (χ3n) is 7.91. The van der Waals surface area contributed by atoms with Crippen LogP contribution < -0.4 is 4.74 Å². The number of nitrogens with zero attached hydrogens (tertiary/aromatic N) is 3. The molecule has 1 aromatic heterocycles. The Balaban J connectivity index is 1.14. The SMILES string of the molecule is Cc1c(OCC2CC2)ccc2c(CCC3CCN(CC4(C#N)CCCC4)CC3)noc12. The second-order valence-corrected chi connectivity index (χ2v) is 10.3. The molecule has 1 saturated heterocycles. The third-order valence-corrected chi connectivity index (χ3v) is 7.91. The van der Waals surface area contributed by atoms with Gasteiger partial charge in [-0.3, -0.25) is 0 Å². The van der Waals surface area contributed by atoms with Crippen LogP contribution in [0, 0.1) is 35.5 Å². The van der Waals surface area contributed by atoms with Gasteiger partial charge >= 0.3 is 0 Å². The molecule has 2 aromatic rings. The molecule has 2 aliphatic carbocycles. The Morgan fingerprint density at radius 3 is 2.65 bits per heavy atom. The third kappa shape index (κ3) is 4.60. The second kappa shape index (κ2) is 8.82. The van der Waals surface area contributed by atoms with Gasteiger partial charge < -0.3 is 14.2 Å². The number of aromatic nitrogens is 1. The molecule has 0 radical (unpaired) electrons. The Morgan fingerprint density at radius 1 is 1.16 bits per heavy atom. The van der Waals surface area contributed by atoms with E-state index < -0.39 is 0 Å². The Bertz CT molecular complexity index is 941. The normalized spacial score (nSPS) is 22.1. The molecule has 31 heavy (non-hydrogen) atoms. The van der Waals surface area contributed by atoms with Crippen molar-refractivity contribution in [1.29, 1.82) is 5.26 Å². The minimum absolute atomic E-state index is 0.0639. The topological polar surface area (TPSA) is 62.3 Å². The highest BCUT2D eigenvalue weighted by atomic mass is 16.5. The quantitative estimate of drug-likeness (QED) is 0.551. The highest BCUT2D eigenvalue weighted by Gasteiger charge is 2.36. The van der Waals surface area contributed by atoms with Crippen LogP contribution in [0.5, 0.6) is 5.75 Å². The maximum absolute atomic E-state index is 9.67. The molecule has 0 amide bonds. The van der Waals surface area contributed by atoms with Crippen molar-refractivity contribution in [3.63, 3.8) is 0 Å². The lowest BCUT2D eigenvalue weighted by Gasteiger charge is -2.36. The van der Waals surface area contributed by atoms with Crippen molar-refractivity contribution in [1.82, 2.24) is 10.1 Å². The van der Waals surface area contributed by atoms with Crippen LogP contribution in [0.2, 0.25) is 0 Å². The number of likely N-dealkylation sites (tertiary alicyclic amines) is 1. The molecule has 5 nitrogen and oxygen atoms in total. The van der Waals surface area contributed by atoms with Crippen molar-refractivity contribution in [3.8, 4) is 11.8 Å². The number of hydrogen-bond acceptors (Lipinski definition) is 5. The van der Waals surface area contributed by atoms with Crippen LogP contribution in [0.1, 0.15) is 69.0 Å². The number of hydrogen-bond donors (Lipinski definition) is 0. The van der Waals surface area contributed by atoms with E-state index in [1.807, 2.05) is 0 Å². The fourth-order valence-corrected chi connectivity index (χ4v) is 5.56. The van der Waals surface area contributed by atoms with E-state index in [9.17, 15) is 5.26 Å². The number of fused-ring (bicyclic) bond motifs is 1. The van der Waals surface area contributed by atoms with E-state index in [1.165, 1.54) is 38.5 Å². The van der Waals surface area contributed by atoms with E-state index in [0.29, 0.717) is 0 Å². The average molecular weight is 422 g/mol. The van der Waals surface area contributed by atoms with Gasteiger partial charge in [-0.25, -0.2) is 0 Å². The molecule has 2 saturated carbocycles. The fourth-order valence-electron chi connectivity index (χ4n) is 5.56. The van der Waals surface area contributed by atoms with E-state index >= 15 is 0 Å². The van der Waals surface area contributed by atoms with Crippen LogP contribution in [-0.2, 0) is 6.42 Å². The molecule has 0 N–H and O–H groups in total. The van der Waals surface area contributed by atoms with Crippen molar-refractivity contribution in [2.75, 3.05) is 26.2 Å². The lowest BCUT2D eigenvalue weighted by atomic mass is 9.85. The first-order valence-electron chi connectivity index (χ1n) is 12.3. The van der Waals surface area contributed by atoms with Crippen molar-refractivity contribution in [2.45, 2.75) is 71.1 Å². The van der Waals surface area contributed by atoms with E-state index in [1.54, 1.807) is 0 Å². The number of aryl methyl sites for hydroxylation is 2. The summed E-state index contributed by atoms with van der Waals surface area (Å²) in [4.78, 5) is 2.54. The van der Waals surface area contributed by atoms with Gasteiger partial charge in [0.1, 0.15) is 5.75 Å². The maximum atomic E-state index is 9.67. The number of benzene rings is 1. The van der Waals surface area contributed by atoms with Crippen LogP contribution in [0.15, 0.2) is 16.7 Å². The molecule has 0 bridgehead atoms. The largest absolute Gasteiger partial charge is 0.493 e. The molecule has 1 aliphatic heterocycles. The Labute approximate surface area is 185 Å². The van der Waals surface area contributed by atoms with Crippen LogP contribution in [-0.4, -0.2) is 36.3 Å². The molecule has 5 heteroatoms. The maximum Gasteiger partial charge on any atom is 0.173 e. The zero-order valence-corrected chi connectivity index (χ0v) is 18.9. The Kier molecular flexibility index (Phi) is 5.93. The zero-order valence-electron chi connectivity index (χ0n) is 18.9. The average Bonchev–Trinajstić information content (AvgIpc) is 3.34. The summed E-state index contributed by atoms with van der Waals surface area (Å²) in [6.45, 7) is 6.15. The summed E-state index contributed by atoms with van der Waals surface area (Å²) in [5, 5.41) is 15.2. The van der Waals surface area contributed by atoms with Gasteiger partial charge in [0, 0.05) is 17.5 Å². The number of rotatable bonds is 8. The summed E-state index contributed by atoms with van der Waals surface area (Å²) in [5.41, 5.74) is 2.98. The van der Waals surface area contributed by atoms with E-state index in [0.717, 1.165) is 91.7 Å². The van der Waals surface area contributed by atoms with Crippen LogP contribution in [0.25, 0.3) is 11.0 Å². The standard InChI is InChI=1S/C26H35N3O2/c1-19-24(30-16-21-4-5-21)9-7-22-23(28-31-25(19)22)8-6-20-10-14-29(15-11-20)18-26(17-27)12-2-3-13-26/h7,9,20-21H,2-6,8,10-16,18H2,1H3. The smallest absolute Gasteiger partial charge is 0.173 e. The molecule has 3 fully saturated rings. The summed E-state index contributed by atoms with van der Waals surface area (Å²) in [6, 6.07) is 6.87. The summed E-state index contributed by atoms with van der Waals surface area (Å²) < 4.78 is 11.7. The molecule has 5 rings (SSSR count). The van der Waals surface area contributed by atoms with Gasteiger partial charge in [0.15, 0.2) is 5.58 Å². The van der Waals surface area contributed by atoms with Gasteiger partial charge in [-0.15, -0.1) is 0 Å². The molecule has 0 spiro atoms. The molecule has 3 aliphatic rings. The van der Waals surface area contributed by atoms with Gasteiger partial charge in [-0.2, -0.15) is 5.26 Å². The van der Waals surface area contributed by atoms with E-state index in [2.05, 4.69) is 35.2 Å². The first kappa shape index (κ1) is 20.8. The van der Waals surface area contributed by atoms with Gasteiger partial charge in [0.05, 0.1) is 23.8 Å². The minimum atomic E-state index is -0.0639. The molecule has 0 unspecified atom stereocenters. The fraction of sp³-hybridized carbons (Fsp3) is 0.692. The summed E-state index contributed by atoms with van der Waals surface area (Å²) in [6.07, 6.45) is 11.8. The molecular formula is C26H35N3O2. The van der Waals surface area contributed by atoms with Crippen molar-refractivity contribution in [2.24, 2.45) is 17.3 Å².